The molecule has 0 aliphatic carbocycles. The molecule has 713 valence electrons. The predicted octanol–water partition coefficient (Wildman–Crippen LogP) is -16.7. The molecule has 0 spiro atoms. The number of hydrogen-bond donors (Lipinski definition) is 3. The number of aromatic nitrogens is 3. The topological polar surface area (TPSA) is 882 Å². The summed E-state index contributed by atoms with van der Waals surface area (Å²) in [5.41, 5.74) is -3.62. The fourth-order valence-electron chi connectivity index (χ4n) is 2.07. The van der Waals surface area contributed by atoms with Crippen LogP contribution in [0.3, 0.4) is 0 Å². The smallest absolute Gasteiger partial charge is 0.870 e. The number of carboxylic acids is 9. The zero-order valence-electron chi connectivity index (χ0n) is 75.6. The number of aliphatic hydroxyl groups excluding tert-OH is 3. The van der Waals surface area contributed by atoms with Gasteiger partial charge in [0.05, 0.1) is 0 Å². The minimum Gasteiger partial charge on any atom is -0.870 e. The zero-order chi connectivity index (χ0) is 97.2. The van der Waals surface area contributed by atoms with Gasteiger partial charge in [-0.1, -0.05) is 245 Å². The molecule has 3 rings (SSSR count). The normalized spacial score (nSPS) is 8.95. The second-order valence-corrected chi connectivity index (χ2v) is 29.6. The van der Waals surface area contributed by atoms with Crippen LogP contribution in [0.4, 0.5) is 19.2 Å². The van der Waals surface area contributed by atoms with Gasteiger partial charge in [-0.2, -0.15) is 0 Å². The first-order valence-corrected chi connectivity index (χ1v) is 32.1. The average Bonchev–Trinajstić information content (AvgIpc) is 0.919. The Morgan fingerprint density at radius 2 is 0.256 bits per heavy atom. The Morgan fingerprint density at radius 1 is 0.208 bits per heavy atom. The predicted molar refractivity (Wildman–Crippen MR) is 363 cm³/mol. The molecule has 0 aliphatic rings. The van der Waals surface area contributed by atoms with Crippen molar-refractivity contribution in [3.05, 3.63) is 88.8 Å². The van der Waals surface area contributed by atoms with Crippen LogP contribution >= 0.6 is 0 Å². The van der Waals surface area contributed by atoms with E-state index in [1.54, 1.807) is 242 Å². The van der Waals surface area contributed by atoms with Crippen LogP contribution in [-0.2, 0) is 330 Å². The maximum atomic E-state index is 10.2. The van der Waals surface area contributed by atoms with Crippen LogP contribution in [0.15, 0.2) is 54.6 Å². The Morgan fingerprint density at radius 3 is 0.288 bits per heavy atom. The number of rotatable bonds is 6. The van der Waals surface area contributed by atoms with Crippen LogP contribution in [0.25, 0.3) is 0 Å². The van der Waals surface area contributed by atoms with Crippen LogP contribution in [0, 0.1) is 48.7 Å². The summed E-state index contributed by atoms with van der Waals surface area (Å²) in [6.07, 6.45) is -9.33. The molecule has 0 atom stereocenters. The SMILES string of the molecule is CC(C)(C)C(=O)[O-].CC(C)(C)C(=O)[O-].CC(C)(C)C(=O)[O-].CC(C)(C)C(=O)[O-].CC(C)(C)C(=O)[O-].CC(C)(C)C(=O)[O-].CC(C)(C)C(=O)[O-].CC(C)(C)C(=O)[O-].CC(C)(C)C(=O)[O-].CO.CO.CO.O=C([O-])[O-].O=C([O-])[O-].O=C([O-])[O-].O=C([O-])[O-].[Cu+2].[Cu+2].[Cu+2].[O-]Cc1cccc(C[O-])n1.[O-]Cc1cccc(C[O-])n1.[O-]Cc1cccc(C[O-])n1.[OH-].[Y+3].[Y+3].[Y+3].[Y+3].[Y+3].[Y+3]. The van der Waals surface area contributed by atoms with Gasteiger partial charge in [-0.3, -0.25) is 15.0 Å². The molecular weight excluding hydrogens is 2280 g/mol. The first-order valence-electron chi connectivity index (χ1n) is 32.1. The van der Waals surface area contributed by atoms with Crippen LogP contribution in [0.1, 0.15) is 221 Å². The van der Waals surface area contributed by atoms with Gasteiger partial charge in [-0.05, 0) is 61.0 Å². The van der Waals surface area contributed by atoms with E-state index >= 15 is 0 Å². The van der Waals surface area contributed by atoms with E-state index in [1.807, 2.05) is 0 Å². The standard InChI is InChI=1S/3C7H7NO2.9C5H10O2.4CH2O3.3CH4O.3Cu.H2O.6Y/c3*9-4-6-2-1-3-7(5-10)8-6;9*1-5(2,3)4(6)7;4*2-1(3)4;3*1-2;;;;;;;;;;/h3*1-3H,4-5H2;9*1-3H3,(H,6,7);4*(H2,2,3,4);3*2H,1H3;;;;1H2;;;;;;/q3*-2;;;;;;;;;;;;;;;;;3*+2;;6*+3/p-18. The van der Waals surface area contributed by atoms with Gasteiger partial charge in [0, 0.05) is 158 Å². The Labute approximate surface area is 915 Å². The molecule has 43 nitrogen and oxygen atoms in total. The Bertz CT molecular complexity index is 2530. The van der Waals surface area contributed by atoms with E-state index < -0.39 is 127 Å². The first-order chi connectivity index (χ1) is 51.0. The summed E-state index contributed by atoms with van der Waals surface area (Å²) < 4.78 is 0. The summed E-state index contributed by atoms with van der Waals surface area (Å²) in [6.45, 7) is 41.1. The quantitative estimate of drug-likeness (QED) is 0.193. The molecule has 0 bridgehead atoms. The zero-order valence-corrected chi connectivity index (χ0v) is 95.5. The van der Waals surface area contributed by atoms with Crippen LogP contribution < -0.4 is 117 Å². The maximum absolute atomic E-state index is 10.2. The van der Waals surface area contributed by atoms with E-state index in [2.05, 4.69) is 15.0 Å². The minimum absolute atomic E-state index is 0. The van der Waals surface area contributed by atoms with Gasteiger partial charge in [0.1, 0.15) is 0 Å². The van der Waals surface area contributed by atoms with Crippen molar-refractivity contribution in [1.82, 2.24) is 15.0 Å². The number of pyridine rings is 3. The van der Waals surface area contributed by atoms with Gasteiger partial charge in [0.2, 0.25) is 0 Å². The van der Waals surface area contributed by atoms with Crippen molar-refractivity contribution in [2.24, 2.45) is 48.7 Å². The van der Waals surface area contributed by atoms with Gasteiger partial charge in [0.15, 0.2) is 0 Å². The molecule has 0 unspecified atom stereocenters. The maximum Gasteiger partial charge on any atom is 3.00 e. The molecule has 3 radical (unpaired) electrons. The number of aliphatic hydroxyl groups is 3. The summed E-state index contributed by atoms with van der Waals surface area (Å²) in [4.78, 5) is 134. The Balaban J connectivity index is -0.0000000347. The van der Waals surface area contributed by atoms with E-state index in [0.29, 0.717) is 34.2 Å². The summed E-state index contributed by atoms with van der Waals surface area (Å²) in [7, 11) is 3.00. The molecule has 4 N–H and O–H groups in total. The number of nitrogens with zero attached hydrogens (tertiary/aromatic N) is 3. The van der Waals surface area contributed by atoms with Crippen molar-refractivity contribution in [1.29, 1.82) is 0 Å². The van der Waals surface area contributed by atoms with Crippen molar-refractivity contribution in [3.8, 4) is 0 Å². The van der Waals surface area contributed by atoms with E-state index in [4.69, 9.17) is 75.3 Å². The molecule has 0 saturated heterocycles. The molecule has 125 heavy (non-hydrogen) atoms. The van der Waals surface area contributed by atoms with Crippen LogP contribution in [0.5, 0.6) is 0 Å². The number of aliphatic carboxylic acids is 9. The van der Waals surface area contributed by atoms with Gasteiger partial charge in [-0.15, -0.1) is 0 Å². The molecule has 0 saturated carbocycles. The summed E-state index contributed by atoms with van der Waals surface area (Å²) in [5, 5.41) is 238. The Hall–Kier alpha value is -2.46. The third-order valence-electron chi connectivity index (χ3n) is 8.99. The van der Waals surface area contributed by atoms with E-state index in [1.165, 1.54) is 0 Å². The van der Waals surface area contributed by atoms with Gasteiger partial charge >= 0.3 is 247 Å². The molecule has 3 aromatic heterocycles. The first kappa shape index (κ1) is 194. The second kappa shape index (κ2) is 110. The van der Waals surface area contributed by atoms with Crippen molar-refractivity contribution >= 4 is 78.3 Å². The molecule has 0 fully saturated rings. The Kier molecular flexibility index (Phi) is 171. The van der Waals surface area contributed by atoms with Crippen molar-refractivity contribution in [2.75, 3.05) is 21.3 Å². The summed E-state index contributed by atoms with van der Waals surface area (Å²) >= 11 is 0. The van der Waals surface area contributed by atoms with Crippen molar-refractivity contribution < 1.29 is 448 Å². The average molecular weight is 2400 g/mol. The third kappa shape index (κ3) is 198. The van der Waals surface area contributed by atoms with Gasteiger partial charge in [0.25, 0.3) is 0 Å². The third-order valence-corrected chi connectivity index (χ3v) is 8.99. The van der Waals surface area contributed by atoms with Crippen LogP contribution in [0.2, 0.25) is 0 Å². The van der Waals surface area contributed by atoms with Crippen molar-refractivity contribution in [3.63, 3.8) is 0 Å². The summed E-state index contributed by atoms with van der Waals surface area (Å²) in [6, 6.07) is 14.7. The van der Waals surface area contributed by atoms with E-state index in [0.717, 1.165) is 21.3 Å². The largest absolute Gasteiger partial charge is 3.00 e. The molecule has 0 aliphatic heterocycles. The number of carbonyl (C=O) groups excluding carboxylic acids is 13. The molecule has 3 aromatic rings. The van der Waals surface area contributed by atoms with E-state index in [9.17, 15) is 120 Å². The summed E-state index contributed by atoms with van der Waals surface area (Å²) in [5.74, 6) is -9.06. The number of hydrogen-bond acceptors (Lipinski definition) is 43. The molecule has 52 heteroatoms. The monoisotopic (exact) mass is 2400 g/mol. The number of carboxylic acid groups (broad SMARTS) is 17. The second-order valence-electron chi connectivity index (χ2n) is 29.6. The number of carbonyl (C=O) groups is 13. The van der Waals surface area contributed by atoms with Gasteiger partial charge in [-0.25, -0.2) is 0 Å². The van der Waals surface area contributed by atoms with E-state index in [-0.39, 0.29) is 293 Å². The van der Waals surface area contributed by atoms with Crippen molar-refractivity contribution in [2.45, 2.75) is 227 Å². The fraction of sp³-hybridized carbons (Fsp3) is 0.616. The molecule has 0 aromatic carbocycles. The molecular formula is C73H115Cu3N3O40Y6. The van der Waals surface area contributed by atoms with Crippen LogP contribution in [-0.4, -0.2) is 135 Å². The van der Waals surface area contributed by atoms with Gasteiger partial charge < -0.3 is 201 Å². The molecule has 0 amide bonds. The molecule has 3 heterocycles. The minimum atomic E-state index is -2.33. The fourth-order valence-corrected chi connectivity index (χ4v) is 2.07.